The first-order valence-electron chi connectivity index (χ1n) is 5.05. The number of aliphatic carboxylic acids is 1. The molecule has 13 heavy (non-hydrogen) atoms. The van der Waals surface area contributed by atoms with Gasteiger partial charge >= 0.3 is 5.97 Å². The Hall–Kier alpha value is -0.180. The maximum atomic E-state index is 11.1. The lowest BCUT2D eigenvalue weighted by Crippen LogP contribution is -2.39. The van der Waals surface area contributed by atoms with Crippen LogP contribution in [0.2, 0.25) is 0 Å². The van der Waals surface area contributed by atoms with Gasteiger partial charge in [0.1, 0.15) is 0 Å². The lowest BCUT2D eigenvalue weighted by atomic mass is 9.74. The van der Waals surface area contributed by atoms with E-state index in [2.05, 4.69) is 0 Å². The highest BCUT2D eigenvalue weighted by molar-refractivity contribution is 7.99. The second-order valence-corrected chi connectivity index (χ2v) is 5.41. The van der Waals surface area contributed by atoms with Crippen molar-refractivity contribution < 1.29 is 9.90 Å². The maximum Gasteiger partial charge on any atom is 0.307 e. The van der Waals surface area contributed by atoms with Gasteiger partial charge in [-0.05, 0) is 36.2 Å². The van der Waals surface area contributed by atoms with Gasteiger partial charge in [0.15, 0.2) is 0 Å². The Morgan fingerprint density at radius 2 is 2.08 bits per heavy atom. The van der Waals surface area contributed by atoms with Crippen LogP contribution >= 0.6 is 11.8 Å². The highest BCUT2D eigenvalue weighted by atomic mass is 32.2. The lowest BCUT2D eigenvalue weighted by Gasteiger charge is -2.38. The molecule has 1 saturated heterocycles. The van der Waals surface area contributed by atoms with Crippen LogP contribution in [0.25, 0.3) is 0 Å². The quantitative estimate of drug-likeness (QED) is 0.706. The molecule has 74 valence electrons. The van der Waals surface area contributed by atoms with Gasteiger partial charge in [-0.3, -0.25) is 4.79 Å². The molecule has 1 saturated carbocycles. The minimum absolute atomic E-state index is 0.0451. The number of thioether (sulfide) groups is 1. The number of hydrogen-bond donors (Lipinski definition) is 1. The Morgan fingerprint density at radius 3 is 2.69 bits per heavy atom. The van der Waals surface area contributed by atoms with Crippen molar-refractivity contribution in [2.45, 2.75) is 32.1 Å². The van der Waals surface area contributed by atoms with E-state index < -0.39 is 5.97 Å². The fourth-order valence-electron chi connectivity index (χ4n) is 2.84. The average molecular weight is 200 g/mol. The number of hydrogen-bond acceptors (Lipinski definition) is 2. The van der Waals surface area contributed by atoms with E-state index in [0.717, 1.165) is 30.8 Å². The molecule has 1 spiro atoms. The van der Waals surface area contributed by atoms with E-state index in [0.29, 0.717) is 0 Å². The molecule has 1 heterocycles. The van der Waals surface area contributed by atoms with Crippen LogP contribution in [-0.2, 0) is 4.79 Å². The van der Waals surface area contributed by atoms with Crippen molar-refractivity contribution in [3.8, 4) is 0 Å². The zero-order chi connectivity index (χ0) is 9.31. The summed E-state index contributed by atoms with van der Waals surface area (Å²) in [5, 5.41) is 9.15. The van der Waals surface area contributed by atoms with Gasteiger partial charge < -0.3 is 5.11 Å². The molecule has 0 aromatic heterocycles. The number of carboxylic acid groups (broad SMARTS) is 1. The van der Waals surface area contributed by atoms with Crippen LogP contribution in [0.4, 0.5) is 0 Å². The van der Waals surface area contributed by atoms with Gasteiger partial charge in [0.25, 0.3) is 0 Å². The molecule has 3 heteroatoms. The molecule has 0 aromatic rings. The lowest BCUT2D eigenvalue weighted by molar-refractivity contribution is -0.146. The molecule has 0 bridgehead atoms. The van der Waals surface area contributed by atoms with Gasteiger partial charge in [0, 0.05) is 0 Å². The Kier molecular flexibility index (Phi) is 2.54. The molecule has 1 unspecified atom stereocenters. The van der Waals surface area contributed by atoms with Crippen LogP contribution in [0.5, 0.6) is 0 Å². The van der Waals surface area contributed by atoms with Gasteiger partial charge in [0.05, 0.1) is 5.92 Å². The zero-order valence-corrected chi connectivity index (χ0v) is 8.61. The average Bonchev–Trinajstić information content (AvgIpc) is 2.54. The topological polar surface area (TPSA) is 37.3 Å². The summed E-state index contributed by atoms with van der Waals surface area (Å²) < 4.78 is 0. The summed E-state index contributed by atoms with van der Waals surface area (Å²) in [5.41, 5.74) is 0.175. The zero-order valence-electron chi connectivity index (χ0n) is 7.79. The van der Waals surface area contributed by atoms with Gasteiger partial charge in [-0.2, -0.15) is 11.8 Å². The van der Waals surface area contributed by atoms with Crippen molar-refractivity contribution in [2.75, 3.05) is 11.5 Å². The van der Waals surface area contributed by atoms with Crippen molar-refractivity contribution in [3.63, 3.8) is 0 Å². The first kappa shape index (κ1) is 9.38. The Morgan fingerprint density at radius 1 is 1.38 bits per heavy atom. The summed E-state index contributed by atoms with van der Waals surface area (Å²) >= 11 is 1.95. The van der Waals surface area contributed by atoms with Crippen LogP contribution in [-0.4, -0.2) is 22.6 Å². The smallest absolute Gasteiger partial charge is 0.307 e. The summed E-state index contributed by atoms with van der Waals surface area (Å²) in [6, 6.07) is 0. The summed E-state index contributed by atoms with van der Waals surface area (Å²) in [7, 11) is 0. The predicted octanol–water partition coefficient (Wildman–Crippen LogP) is 2.38. The third-order valence-electron chi connectivity index (χ3n) is 3.58. The molecule has 2 fully saturated rings. The molecule has 1 N–H and O–H groups in total. The molecule has 0 amide bonds. The van der Waals surface area contributed by atoms with E-state index in [1.54, 1.807) is 0 Å². The number of rotatable bonds is 1. The van der Waals surface area contributed by atoms with Crippen LogP contribution in [0, 0.1) is 11.3 Å². The first-order valence-corrected chi connectivity index (χ1v) is 6.21. The van der Waals surface area contributed by atoms with Crippen LogP contribution in [0.1, 0.15) is 32.1 Å². The van der Waals surface area contributed by atoms with Crippen molar-refractivity contribution in [1.29, 1.82) is 0 Å². The standard InChI is InChI=1S/C10H16O2S/c11-9(12)8-3-6-13-7-10(8)4-1-2-5-10/h8H,1-7H2,(H,11,12). The third kappa shape index (κ3) is 1.58. The maximum absolute atomic E-state index is 11.1. The van der Waals surface area contributed by atoms with Crippen LogP contribution < -0.4 is 0 Å². The van der Waals surface area contributed by atoms with Crippen LogP contribution in [0.3, 0.4) is 0 Å². The monoisotopic (exact) mass is 200 g/mol. The van der Waals surface area contributed by atoms with E-state index in [-0.39, 0.29) is 11.3 Å². The van der Waals surface area contributed by atoms with Crippen molar-refractivity contribution in [2.24, 2.45) is 11.3 Å². The van der Waals surface area contributed by atoms with E-state index >= 15 is 0 Å². The van der Waals surface area contributed by atoms with E-state index in [4.69, 9.17) is 5.11 Å². The molecular weight excluding hydrogens is 184 g/mol. The summed E-state index contributed by atoms with van der Waals surface area (Å²) in [6.45, 7) is 0. The largest absolute Gasteiger partial charge is 0.481 e. The van der Waals surface area contributed by atoms with Crippen LogP contribution in [0.15, 0.2) is 0 Å². The van der Waals surface area contributed by atoms with E-state index in [1.165, 1.54) is 12.8 Å². The molecule has 2 nitrogen and oxygen atoms in total. The Balaban J connectivity index is 2.16. The van der Waals surface area contributed by atoms with E-state index in [1.807, 2.05) is 11.8 Å². The number of carboxylic acids is 1. The van der Waals surface area contributed by atoms with Gasteiger partial charge in [0.2, 0.25) is 0 Å². The highest BCUT2D eigenvalue weighted by Gasteiger charge is 2.46. The van der Waals surface area contributed by atoms with Gasteiger partial charge in [-0.25, -0.2) is 0 Å². The predicted molar refractivity (Wildman–Crippen MR) is 54.0 cm³/mol. The Bertz CT molecular complexity index is 209. The highest BCUT2D eigenvalue weighted by Crippen LogP contribution is 2.50. The molecule has 0 aromatic carbocycles. The van der Waals surface area contributed by atoms with Crippen molar-refractivity contribution in [1.82, 2.24) is 0 Å². The minimum atomic E-state index is -0.554. The summed E-state index contributed by atoms with van der Waals surface area (Å²) in [4.78, 5) is 11.1. The Labute approximate surface area is 83.1 Å². The van der Waals surface area contributed by atoms with Crippen molar-refractivity contribution >= 4 is 17.7 Å². The van der Waals surface area contributed by atoms with Crippen molar-refractivity contribution in [3.05, 3.63) is 0 Å². The molecule has 0 radical (unpaired) electrons. The first-order chi connectivity index (χ1) is 6.25. The molecule has 1 aliphatic heterocycles. The fourth-order valence-corrected chi connectivity index (χ4v) is 4.28. The normalized spacial score (nSPS) is 32.2. The minimum Gasteiger partial charge on any atom is -0.481 e. The third-order valence-corrected chi connectivity index (χ3v) is 4.88. The second-order valence-electron chi connectivity index (χ2n) is 4.30. The molecular formula is C10H16O2S. The molecule has 2 aliphatic rings. The SMILES string of the molecule is O=C(O)C1CCSCC12CCCC2. The summed E-state index contributed by atoms with van der Waals surface area (Å²) in [6.07, 6.45) is 5.67. The summed E-state index contributed by atoms with van der Waals surface area (Å²) in [5.74, 6) is 1.53. The molecule has 1 atom stereocenters. The van der Waals surface area contributed by atoms with E-state index in [9.17, 15) is 4.79 Å². The molecule has 1 aliphatic carbocycles. The number of carbonyl (C=O) groups is 1. The fraction of sp³-hybridized carbons (Fsp3) is 0.900. The second kappa shape index (κ2) is 3.52. The molecule has 2 rings (SSSR count). The van der Waals surface area contributed by atoms with Gasteiger partial charge in [-0.15, -0.1) is 0 Å². The van der Waals surface area contributed by atoms with Gasteiger partial charge in [-0.1, -0.05) is 12.8 Å².